The number of halogens is 1. The lowest BCUT2D eigenvalue weighted by Crippen LogP contribution is -2.53. The van der Waals surface area contributed by atoms with Gasteiger partial charge in [-0.2, -0.15) is 0 Å². The molecule has 2 aliphatic heterocycles. The van der Waals surface area contributed by atoms with Crippen molar-refractivity contribution in [1.82, 2.24) is 25.8 Å². The number of hydrogen-bond acceptors (Lipinski definition) is 9. The van der Waals surface area contributed by atoms with Gasteiger partial charge in [0.15, 0.2) is 0 Å². The van der Waals surface area contributed by atoms with Gasteiger partial charge in [-0.1, -0.05) is 32.0 Å². The number of hydrogen-bond donors (Lipinski definition) is 4. The monoisotopic (exact) mass is 702 g/mol. The average Bonchev–Trinajstić information content (AvgIpc) is 3.59. The normalized spacial score (nSPS) is 24.1. The van der Waals surface area contributed by atoms with Crippen LogP contribution >= 0.6 is 11.8 Å². The van der Waals surface area contributed by atoms with Gasteiger partial charge in [-0.15, -0.1) is 11.8 Å². The zero-order valence-electron chi connectivity index (χ0n) is 29.1. The number of benzene rings is 2. The van der Waals surface area contributed by atoms with Crippen LogP contribution in [0.4, 0.5) is 4.39 Å². The number of phenols is 1. The number of aromatic hydroxyl groups is 1. The molecule has 3 aromatic rings. The van der Waals surface area contributed by atoms with Crippen LogP contribution in [0.2, 0.25) is 0 Å². The molecule has 0 spiro atoms. The van der Waals surface area contributed by atoms with Crippen LogP contribution in [0, 0.1) is 11.7 Å². The lowest BCUT2D eigenvalue weighted by Gasteiger charge is -2.36. The third-order valence-electron chi connectivity index (χ3n) is 9.43. The van der Waals surface area contributed by atoms with E-state index in [2.05, 4.69) is 58.5 Å². The molecule has 2 fully saturated rings. The highest BCUT2D eigenvalue weighted by molar-refractivity contribution is 8.14. The second-order valence-electron chi connectivity index (χ2n) is 14.1. The molecule has 3 aliphatic rings. The number of aliphatic imine (C=N–C) groups is 1. The summed E-state index contributed by atoms with van der Waals surface area (Å²) in [4.78, 5) is 37.3. The number of carbonyl (C=O) groups excluding carboxylic acids is 2. The van der Waals surface area contributed by atoms with E-state index in [9.17, 15) is 19.1 Å². The maximum atomic E-state index is 14.4. The molecule has 2 aromatic carbocycles. The van der Waals surface area contributed by atoms with Gasteiger partial charge < -0.3 is 25.8 Å². The molecule has 2 amide bonds. The van der Waals surface area contributed by atoms with Crippen molar-refractivity contribution in [2.75, 3.05) is 18.8 Å². The Kier molecular flexibility index (Phi) is 11.4. The Balaban J connectivity index is 1.08. The molecule has 10 nitrogen and oxygen atoms in total. The fraction of sp³-hybridized carbons (Fsp3) is 0.474. The summed E-state index contributed by atoms with van der Waals surface area (Å²) in [6.45, 7) is 10.9. The van der Waals surface area contributed by atoms with Gasteiger partial charge in [0, 0.05) is 61.0 Å². The first-order valence-electron chi connectivity index (χ1n) is 17.6. The molecule has 1 unspecified atom stereocenters. The average molecular weight is 703 g/mol. The van der Waals surface area contributed by atoms with Crippen molar-refractivity contribution in [2.45, 2.75) is 90.1 Å². The van der Waals surface area contributed by atoms with E-state index < -0.39 is 11.7 Å². The molecule has 50 heavy (non-hydrogen) atoms. The highest BCUT2D eigenvalue weighted by atomic mass is 32.2. The van der Waals surface area contributed by atoms with Crippen LogP contribution in [-0.2, 0) is 11.3 Å². The van der Waals surface area contributed by atoms with Crippen molar-refractivity contribution in [3.63, 3.8) is 0 Å². The standard InChI is InChI=1S/C38H47FN6O4S/c1-22(2)38-44-33(21-50-38)36(48)43-30-11-9-29(10-12-30)42-35(47)32-16-28(39)17-40-37(32)49-31-7-5-6-25(15-31)26-8-13-34(46)27(14-26)20-45-18-23(3)41-24(4)19-45/h5-8,13-17,22-24,29-30,33,41,46H,9-12,18-21H2,1-4H3,(H,42,47)(H,43,48)/t23-,24+,29-,30+,33?. The summed E-state index contributed by atoms with van der Waals surface area (Å²) in [6, 6.07) is 14.4. The minimum Gasteiger partial charge on any atom is -0.508 e. The van der Waals surface area contributed by atoms with Crippen LogP contribution in [0.3, 0.4) is 0 Å². The lowest BCUT2D eigenvalue weighted by atomic mass is 9.90. The smallest absolute Gasteiger partial charge is 0.257 e. The lowest BCUT2D eigenvalue weighted by molar-refractivity contribution is -0.122. The SMILES string of the molecule is CC(C)C1=NC(C(=O)N[C@H]2CC[C@@H](NC(=O)c3cc(F)cnc3Oc3cccc(-c4ccc(O)c(CN5C[C@@H](C)N[C@@H](C)C5)c4)c3)CC2)CS1. The van der Waals surface area contributed by atoms with Crippen molar-refractivity contribution >= 4 is 28.6 Å². The highest BCUT2D eigenvalue weighted by Gasteiger charge is 2.30. The number of nitrogens with zero attached hydrogens (tertiary/aromatic N) is 3. The van der Waals surface area contributed by atoms with Crippen molar-refractivity contribution < 1.29 is 23.8 Å². The Morgan fingerprint density at radius 1 is 1.02 bits per heavy atom. The maximum absolute atomic E-state index is 14.4. The zero-order chi connectivity index (χ0) is 35.4. The molecule has 1 aliphatic carbocycles. The minimum atomic E-state index is -0.638. The molecule has 1 aromatic heterocycles. The van der Waals surface area contributed by atoms with Gasteiger partial charge in [0.2, 0.25) is 11.8 Å². The molecule has 12 heteroatoms. The number of carbonyl (C=O) groups is 2. The largest absolute Gasteiger partial charge is 0.508 e. The molecule has 1 saturated carbocycles. The van der Waals surface area contributed by atoms with Crippen LogP contribution < -0.4 is 20.7 Å². The highest BCUT2D eigenvalue weighted by Crippen LogP contribution is 2.32. The Morgan fingerprint density at radius 3 is 2.42 bits per heavy atom. The second kappa shape index (κ2) is 15.9. The molecule has 266 valence electrons. The minimum absolute atomic E-state index is 0.00565. The Hall–Kier alpha value is -4.00. The van der Waals surface area contributed by atoms with Crippen molar-refractivity contribution in [1.29, 1.82) is 0 Å². The number of thioether (sulfide) groups is 1. The van der Waals surface area contributed by atoms with E-state index >= 15 is 0 Å². The predicted molar refractivity (Wildman–Crippen MR) is 195 cm³/mol. The maximum Gasteiger partial charge on any atom is 0.257 e. The molecule has 0 radical (unpaired) electrons. The van der Waals surface area contributed by atoms with Gasteiger partial charge in [-0.3, -0.25) is 19.5 Å². The Morgan fingerprint density at radius 2 is 1.72 bits per heavy atom. The van der Waals surface area contributed by atoms with Crippen molar-refractivity contribution in [2.24, 2.45) is 10.9 Å². The molecule has 3 heterocycles. The first-order chi connectivity index (χ1) is 24.0. The second-order valence-corrected chi connectivity index (χ2v) is 15.2. The van der Waals surface area contributed by atoms with E-state index in [4.69, 9.17) is 4.74 Å². The summed E-state index contributed by atoms with van der Waals surface area (Å²) in [5, 5.41) is 21.4. The predicted octanol–water partition coefficient (Wildman–Crippen LogP) is 5.89. The zero-order valence-corrected chi connectivity index (χ0v) is 29.9. The summed E-state index contributed by atoms with van der Waals surface area (Å²) >= 11 is 1.65. The third-order valence-corrected chi connectivity index (χ3v) is 10.8. The fourth-order valence-electron chi connectivity index (χ4n) is 7.01. The van der Waals surface area contributed by atoms with Gasteiger partial charge in [0.1, 0.15) is 28.9 Å². The summed E-state index contributed by atoms with van der Waals surface area (Å²) < 4.78 is 20.5. The van der Waals surface area contributed by atoms with Gasteiger partial charge in [-0.25, -0.2) is 9.37 Å². The molecule has 3 atom stereocenters. The number of nitrogens with one attached hydrogen (secondary N) is 3. The van der Waals surface area contributed by atoms with Gasteiger partial charge in [0.25, 0.3) is 5.91 Å². The third kappa shape index (κ3) is 9.01. The van der Waals surface area contributed by atoms with E-state index in [1.54, 1.807) is 23.9 Å². The van der Waals surface area contributed by atoms with E-state index in [1.807, 2.05) is 30.3 Å². The number of aromatic nitrogens is 1. The molecular weight excluding hydrogens is 656 g/mol. The van der Waals surface area contributed by atoms with Crippen molar-refractivity contribution in [3.05, 3.63) is 71.7 Å². The number of amides is 2. The van der Waals surface area contributed by atoms with Gasteiger partial charge >= 0.3 is 0 Å². The molecule has 0 bridgehead atoms. The Labute approximate surface area is 297 Å². The first-order valence-corrected chi connectivity index (χ1v) is 18.5. The molecule has 6 rings (SSSR count). The van der Waals surface area contributed by atoms with Gasteiger partial charge in [-0.05, 0) is 81.0 Å². The molecule has 4 N–H and O–H groups in total. The first kappa shape index (κ1) is 35.8. The van der Waals surface area contributed by atoms with Crippen LogP contribution in [0.1, 0.15) is 69.3 Å². The number of piperazine rings is 1. The topological polar surface area (TPSA) is 128 Å². The van der Waals surface area contributed by atoms with Crippen LogP contribution in [-0.4, -0.2) is 80.9 Å². The summed E-state index contributed by atoms with van der Waals surface area (Å²) in [5.74, 6) is 0.554. The quantitative estimate of drug-likeness (QED) is 0.206. The number of phenolic OH excluding ortho intramolecular Hbond substituents is 1. The summed E-state index contributed by atoms with van der Waals surface area (Å²) in [7, 11) is 0. The molecule has 1 saturated heterocycles. The van der Waals surface area contributed by atoms with E-state index in [1.165, 1.54) is 0 Å². The van der Waals surface area contributed by atoms with Crippen molar-refractivity contribution in [3.8, 4) is 28.5 Å². The van der Waals surface area contributed by atoms with E-state index in [0.717, 1.165) is 59.9 Å². The Bertz CT molecular complexity index is 1720. The number of rotatable bonds is 10. The van der Waals surface area contributed by atoms with Crippen LogP contribution in [0.5, 0.6) is 17.4 Å². The van der Waals surface area contributed by atoms with Gasteiger partial charge in [0.05, 0.1) is 11.2 Å². The number of pyridine rings is 1. The molecular formula is C38H47FN6O4S. The number of ether oxygens (including phenoxy) is 1. The van der Waals surface area contributed by atoms with Crippen LogP contribution in [0.15, 0.2) is 59.7 Å². The van der Waals surface area contributed by atoms with E-state index in [0.29, 0.717) is 48.9 Å². The fourth-order valence-corrected chi connectivity index (χ4v) is 8.10. The summed E-state index contributed by atoms with van der Waals surface area (Å²) in [5.41, 5.74) is 2.62. The van der Waals surface area contributed by atoms with Crippen LogP contribution in [0.25, 0.3) is 11.1 Å². The summed E-state index contributed by atoms with van der Waals surface area (Å²) in [6.07, 6.45) is 3.84. The van der Waals surface area contributed by atoms with E-state index in [-0.39, 0.29) is 41.2 Å².